The maximum absolute atomic E-state index is 11.9. The fourth-order valence-electron chi connectivity index (χ4n) is 2.93. The molecule has 0 aromatic carbocycles. The zero-order chi connectivity index (χ0) is 15.5. The van der Waals surface area contributed by atoms with Crippen LogP contribution >= 0.6 is 0 Å². The molecule has 124 valence electrons. The van der Waals surface area contributed by atoms with Gasteiger partial charge in [-0.3, -0.25) is 9.69 Å². The number of rotatable bonds is 10. The van der Waals surface area contributed by atoms with Gasteiger partial charge in [-0.25, -0.2) is 0 Å². The van der Waals surface area contributed by atoms with Crippen molar-refractivity contribution < 1.29 is 9.53 Å². The molecule has 1 fully saturated rings. The number of hydrogen-bond donors (Lipinski definition) is 2. The lowest BCUT2D eigenvalue weighted by Crippen LogP contribution is -2.44. The number of nitrogens with zero attached hydrogens (tertiary/aromatic N) is 1. The first kappa shape index (κ1) is 18.4. The topological polar surface area (TPSA) is 53.6 Å². The Labute approximate surface area is 129 Å². The highest BCUT2D eigenvalue weighted by Gasteiger charge is 2.24. The number of carbonyl (C=O) groups excluding carboxylic acids is 1. The van der Waals surface area contributed by atoms with Crippen molar-refractivity contribution in [3.63, 3.8) is 0 Å². The molecule has 0 aromatic rings. The van der Waals surface area contributed by atoms with Crippen LogP contribution in [-0.2, 0) is 9.53 Å². The van der Waals surface area contributed by atoms with E-state index in [0.29, 0.717) is 31.8 Å². The molecule has 1 aliphatic carbocycles. The summed E-state index contributed by atoms with van der Waals surface area (Å²) in [6.07, 6.45) is 6.90. The molecular formula is C16H33N3O2. The third-order valence-electron chi connectivity index (χ3n) is 4.24. The fraction of sp³-hybridized carbons (Fsp3) is 0.938. The summed E-state index contributed by atoms with van der Waals surface area (Å²) < 4.78 is 4.97. The molecule has 0 unspecified atom stereocenters. The quantitative estimate of drug-likeness (QED) is 0.599. The van der Waals surface area contributed by atoms with Gasteiger partial charge < -0.3 is 15.4 Å². The van der Waals surface area contributed by atoms with Crippen LogP contribution < -0.4 is 10.6 Å². The number of nitrogens with one attached hydrogen (secondary N) is 2. The van der Waals surface area contributed by atoms with Gasteiger partial charge in [0.2, 0.25) is 5.91 Å². The van der Waals surface area contributed by atoms with Crippen molar-refractivity contribution in [2.45, 2.75) is 57.5 Å². The second-order valence-corrected chi connectivity index (χ2v) is 6.07. The Hall–Kier alpha value is -0.650. The first-order chi connectivity index (χ1) is 10.2. The molecule has 0 spiro atoms. The van der Waals surface area contributed by atoms with Gasteiger partial charge in [-0.2, -0.15) is 0 Å². The zero-order valence-corrected chi connectivity index (χ0v) is 14.0. The maximum Gasteiger partial charge on any atom is 0.234 e. The van der Waals surface area contributed by atoms with Crippen molar-refractivity contribution in [2.75, 3.05) is 40.4 Å². The van der Waals surface area contributed by atoms with E-state index in [1.54, 1.807) is 7.11 Å². The number of amides is 1. The lowest BCUT2D eigenvalue weighted by atomic mass is 9.90. The Kier molecular flexibility index (Phi) is 9.63. The average Bonchev–Trinajstić information content (AvgIpc) is 2.50. The minimum Gasteiger partial charge on any atom is -0.385 e. The largest absolute Gasteiger partial charge is 0.385 e. The Bertz CT molecular complexity index is 279. The first-order valence-corrected chi connectivity index (χ1v) is 8.36. The summed E-state index contributed by atoms with van der Waals surface area (Å²) in [7, 11) is 3.75. The second kappa shape index (κ2) is 11.0. The van der Waals surface area contributed by atoms with Crippen LogP contribution in [0.25, 0.3) is 0 Å². The van der Waals surface area contributed by atoms with Crippen LogP contribution in [0.1, 0.15) is 45.4 Å². The summed E-state index contributed by atoms with van der Waals surface area (Å²) in [4.78, 5) is 14.1. The van der Waals surface area contributed by atoms with Crippen molar-refractivity contribution in [1.82, 2.24) is 15.5 Å². The summed E-state index contributed by atoms with van der Waals surface area (Å²) in [5.74, 6) is 0.125. The van der Waals surface area contributed by atoms with Gasteiger partial charge in [0.1, 0.15) is 0 Å². The van der Waals surface area contributed by atoms with Crippen LogP contribution in [0.4, 0.5) is 0 Å². The minimum absolute atomic E-state index is 0.125. The highest BCUT2D eigenvalue weighted by atomic mass is 16.5. The molecule has 1 amide bonds. The molecule has 0 heterocycles. The lowest BCUT2D eigenvalue weighted by molar-refractivity contribution is -0.122. The summed E-state index contributed by atoms with van der Waals surface area (Å²) in [5, 5.41) is 6.55. The molecule has 21 heavy (non-hydrogen) atoms. The second-order valence-electron chi connectivity index (χ2n) is 6.07. The predicted octanol–water partition coefficient (Wildman–Crippen LogP) is 1.38. The molecule has 0 radical (unpaired) electrons. The van der Waals surface area contributed by atoms with E-state index in [1.165, 1.54) is 32.1 Å². The van der Waals surface area contributed by atoms with Crippen LogP contribution in [0.5, 0.6) is 0 Å². The van der Waals surface area contributed by atoms with Crippen LogP contribution in [0, 0.1) is 0 Å². The molecule has 0 aliphatic heterocycles. The molecule has 1 aliphatic rings. The zero-order valence-electron chi connectivity index (χ0n) is 14.0. The summed E-state index contributed by atoms with van der Waals surface area (Å²) in [6, 6.07) is 1.23. The van der Waals surface area contributed by atoms with E-state index in [0.717, 1.165) is 13.0 Å². The third kappa shape index (κ3) is 7.79. The maximum atomic E-state index is 11.9. The number of methoxy groups -OCH3 is 1. The SMILES string of the molecule is CCCNC1CCC(N(C)CC(=O)NCCCOC)CC1. The van der Waals surface area contributed by atoms with Gasteiger partial charge in [0, 0.05) is 32.3 Å². The van der Waals surface area contributed by atoms with Crippen LogP contribution in [0.2, 0.25) is 0 Å². The first-order valence-electron chi connectivity index (χ1n) is 8.36. The third-order valence-corrected chi connectivity index (χ3v) is 4.24. The molecule has 5 nitrogen and oxygen atoms in total. The molecule has 0 aromatic heterocycles. The normalized spacial score (nSPS) is 22.5. The van der Waals surface area contributed by atoms with Crippen LogP contribution in [-0.4, -0.2) is 63.3 Å². The standard InChI is InChI=1S/C16H33N3O2/c1-4-10-17-14-6-8-15(9-7-14)19(2)13-16(20)18-11-5-12-21-3/h14-15,17H,4-13H2,1-3H3,(H,18,20). The van der Waals surface area contributed by atoms with Gasteiger partial charge in [-0.15, -0.1) is 0 Å². The average molecular weight is 299 g/mol. The van der Waals surface area contributed by atoms with Gasteiger partial charge in [-0.1, -0.05) is 6.92 Å². The fourth-order valence-corrected chi connectivity index (χ4v) is 2.93. The number of likely N-dealkylation sites (N-methyl/N-ethyl adjacent to an activating group) is 1. The van der Waals surface area contributed by atoms with Crippen LogP contribution in [0.15, 0.2) is 0 Å². The molecule has 1 saturated carbocycles. The predicted molar refractivity (Wildman–Crippen MR) is 86.5 cm³/mol. The Morgan fingerprint density at radius 1 is 1.24 bits per heavy atom. The summed E-state index contributed by atoms with van der Waals surface area (Å²) in [5.41, 5.74) is 0. The molecular weight excluding hydrogens is 266 g/mol. The van der Waals surface area contributed by atoms with E-state index < -0.39 is 0 Å². The number of carbonyl (C=O) groups is 1. The van der Waals surface area contributed by atoms with Crippen molar-refractivity contribution in [3.05, 3.63) is 0 Å². The monoisotopic (exact) mass is 299 g/mol. The number of ether oxygens (including phenoxy) is 1. The molecule has 0 atom stereocenters. The Balaban J connectivity index is 2.15. The van der Waals surface area contributed by atoms with E-state index in [-0.39, 0.29) is 5.91 Å². The van der Waals surface area contributed by atoms with Gasteiger partial charge >= 0.3 is 0 Å². The molecule has 0 saturated heterocycles. The van der Waals surface area contributed by atoms with Gasteiger partial charge in [0.15, 0.2) is 0 Å². The van der Waals surface area contributed by atoms with Crippen LogP contribution in [0.3, 0.4) is 0 Å². The van der Waals surface area contributed by atoms with Crippen molar-refractivity contribution in [1.29, 1.82) is 0 Å². The van der Waals surface area contributed by atoms with E-state index in [9.17, 15) is 4.79 Å². The highest BCUT2D eigenvalue weighted by Crippen LogP contribution is 2.22. The molecule has 2 N–H and O–H groups in total. The van der Waals surface area contributed by atoms with Gasteiger partial charge in [0.25, 0.3) is 0 Å². The van der Waals surface area contributed by atoms with E-state index in [1.807, 2.05) is 0 Å². The van der Waals surface area contributed by atoms with E-state index >= 15 is 0 Å². The van der Waals surface area contributed by atoms with Crippen molar-refractivity contribution >= 4 is 5.91 Å². The molecule has 5 heteroatoms. The molecule has 1 rings (SSSR count). The van der Waals surface area contributed by atoms with Crippen molar-refractivity contribution in [2.24, 2.45) is 0 Å². The van der Waals surface area contributed by atoms with Gasteiger partial charge in [-0.05, 0) is 52.1 Å². The minimum atomic E-state index is 0.125. The van der Waals surface area contributed by atoms with Crippen molar-refractivity contribution in [3.8, 4) is 0 Å². The van der Waals surface area contributed by atoms with E-state index in [2.05, 4.69) is 29.5 Å². The van der Waals surface area contributed by atoms with Gasteiger partial charge in [0.05, 0.1) is 6.54 Å². The Morgan fingerprint density at radius 3 is 2.57 bits per heavy atom. The smallest absolute Gasteiger partial charge is 0.234 e. The number of hydrogen-bond acceptors (Lipinski definition) is 4. The Morgan fingerprint density at radius 2 is 1.95 bits per heavy atom. The molecule has 0 bridgehead atoms. The van der Waals surface area contributed by atoms with E-state index in [4.69, 9.17) is 4.74 Å². The lowest BCUT2D eigenvalue weighted by Gasteiger charge is -2.34. The summed E-state index contributed by atoms with van der Waals surface area (Å²) in [6.45, 7) is 5.23. The summed E-state index contributed by atoms with van der Waals surface area (Å²) >= 11 is 0. The highest BCUT2D eigenvalue weighted by molar-refractivity contribution is 5.77.